The Kier molecular flexibility index (Phi) is 4.95. The second-order valence-corrected chi connectivity index (χ2v) is 6.98. The Bertz CT molecular complexity index is 445. The molecule has 1 aromatic rings. The zero-order valence-corrected chi connectivity index (χ0v) is 13.2. The molecular weight excluding hydrogens is 284 g/mol. The van der Waals surface area contributed by atoms with Crippen LogP contribution in [0.1, 0.15) is 38.5 Å². The van der Waals surface area contributed by atoms with Crippen LogP contribution in [0.3, 0.4) is 0 Å². The van der Waals surface area contributed by atoms with Gasteiger partial charge in [-0.05, 0) is 31.6 Å². The fraction of sp³-hybridized carbons (Fsp3) is 0.733. The third kappa shape index (κ3) is 4.09. The molecule has 116 valence electrons. The van der Waals surface area contributed by atoms with Crippen molar-refractivity contribution in [2.24, 2.45) is 5.92 Å². The first-order chi connectivity index (χ1) is 10.3. The molecule has 1 aliphatic carbocycles. The maximum absolute atomic E-state index is 11.9. The lowest BCUT2D eigenvalue weighted by Crippen LogP contribution is -2.45. The van der Waals surface area contributed by atoms with Crippen LogP contribution in [0.25, 0.3) is 0 Å². The molecule has 1 saturated heterocycles. The predicted molar refractivity (Wildman–Crippen MR) is 85.8 cm³/mol. The first-order valence-electron chi connectivity index (χ1n) is 8.00. The molecule has 2 amide bonds. The molecule has 2 aliphatic rings. The maximum Gasteiger partial charge on any atom is 0.315 e. The molecule has 21 heavy (non-hydrogen) atoms. The highest BCUT2D eigenvalue weighted by Crippen LogP contribution is 2.24. The van der Waals surface area contributed by atoms with Crippen molar-refractivity contribution in [1.29, 1.82) is 0 Å². The highest BCUT2D eigenvalue weighted by Gasteiger charge is 2.22. The summed E-state index contributed by atoms with van der Waals surface area (Å²) in [5, 5.41) is 9.26. The van der Waals surface area contributed by atoms with Crippen LogP contribution in [0.15, 0.2) is 11.6 Å². The van der Waals surface area contributed by atoms with Crippen LogP contribution in [0, 0.1) is 5.92 Å². The van der Waals surface area contributed by atoms with Gasteiger partial charge in [-0.2, -0.15) is 0 Å². The lowest BCUT2D eigenvalue weighted by molar-refractivity contribution is 0.234. The van der Waals surface area contributed by atoms with Crippen LogP contribution in [0.4, 0.5) is 9.93 Å². The fourth-order valence-electron chi connectivity index (χ4n) is 3.32. The second-order valence-electron chi connectivity index (χ2n) is 6.10. The van der Waals surface area contributed by atoms with Gasteiger partial charge in [-0.25, -0.2) is 9.78 Å². The topological polar surface area (TPSA) is 57.3 Å². The van der Waals surface area contributed by atoms with E-state index in [1.54, 1.807) is 11.3 Å². The van der Waals surface area contributed by atoms with Crippen molar-refractivity contribution in [1.82, 2.24) is 15.6 Å². The molecule has 2 fully saturated rings. The number of aromatic nitrogens is 1. The van der Waals surface area contributed by atoms with E-state index in [0.29, 0.717) is 12.0 Å². The average molecular weight is 308 g/mol. The van der Waals surface area contributed by atoms with E-state index in [1.807, 2.05) is 11.6 Å². The molecule has 0 radical (unpaired) electrons. The van der Waals surface area contributed by atoms with E-state index in [1.165, 1.54) is 25.7 Å². The van der Waals surface area contributed by atoms with E-state index >= 15 is 0 Å². The van der Waals surface area contributed by atoms with Crippen molar-refractivity contribution < 1.29 is 4.79 Å². The number of hydrogen-bond donors (Lipinski definition) is 2. The SMILES string of the molecule is O=C(NCC1CCCN(c2nccs2)C1)NC1CCCC1. The van der Waals surface area contributed by atoms with Crippen molar-refractivity contribution in [3.8, 4) is 0 Å². The highest BCUT2D eigenvalue weighted by molar-refractivity contribution is 7.13. The Hall–Kier alpha value is -1.30. The van der Waals surface area contributed by atoms with Gasteiger partial charge in [0.15, 0.2) is 5.13 Å². The summed E-state index contributed by atoms with van der Waals surface area (Å²) in [7, 11) is 0. The van der Waals surface area contributed by atoms with Crippen molar-refractivity contribution in [2.75, 3.05) is 24.5 Å². The minimum Gasteiger partial charge on any atom is -0.348 e. The molecule has 6 heteroatoms. The van der Waals surface area contributed by atoms with E-state index in [9.17, 15) is 4.79 Å². The van der Waals surface area contributed by atoms with Gasteiger partial charge in [0, 0.05) is 37.3 Å². The van der Waals surface area contributed by atoms with Gasteiger partial charge in [0.25, 0.3) is 0 Å². The number of hydrogen-bond acceptors (Lipinski definition) is 4. The molecule has 3 rings (SSSR count). The van der Waals surface area contributed by atoms with E-state index in [-0.39, 0.29) is 6.03 Å². The number of nitrogens with one attached hydrogen (secondary N) is 2. The van der Waals surface area contributed by atoms with Gasteiger partial charge in [0.05, 0.1) is 0 Å². The smallest absolute Gasteiger partial charge is 0.315 e. The van der Waals surface area contributed by atoms with E-state index in [4.69, 9.17) is 0 Å². The van der Waals surface area contributed by atoms with Gasteiger partial charge in [0.1, 0.15) is 0 Å². The number of carbonyl (C=O) groups excluding carboxylic acids is 1. The zero-order valence-electron chi connectivity index (χ0n) is 12.4. The standard InChI is InChI=1S/C15H24N4OS/c20-14(18-13-5-1-2-6-13)17-10-12-4-3-8-19(11-12)15-16-7-9-21-15/h7,9,12-13H,1-6,8,10-11H2,(H2,17,18,20). The summed E-state index contributed by atoms with van der Waals surface area (Å²) in [4.78, 5) is 18.6. The van der Waals surface area contributed by atoms with Crippen LogP contribution in [0.5, 0.6) is 0 Å². The van der Waals surface area contributed by atoms with Gasteiger partial charge >= 0.3 is 6.03 Å². The molecule has 1 atom stereocenters. The Morgan fingerprint density at radius 3 is 2.95 bits per heavy atom. The summed E-state index contributed by atoms with van der Waals surface area (Å²) < 4.78 is 0. The van der Waals surface area contributed by atoms with Crippen LogP contribution >= 0.6 is 11.3 Å². The van der Waals surface area contributed by atoms with Gasteiger partial charge in [-0.1, -0.05) is 12.8 Å². The van der Waals surface area contributed by atoms with E-state index in [0.717, 1.165) is 37.6 Å². The largest absolute Gasteiger partial charge is 0.348 e. The third-order valence-electron chi connectivity index (χ3n) is 4.45. The average Bonchev–Trinajstić information content (AvgIpc) is 3.19. The van der Waals surface area contributed by atoms with E-state index in [2.05, 4.69) is 20.5 Å². The van der Waals surface area contributed by atoms with Crippen molar-refractivity contribution in [2.45, 2.75) is 44.6 Å². The molecule has 1 unspecified atom stereocenters. The first-order valence-corrected chi connectivity index (χ1v) is 8.88. The Morgan fingerprint density at radius 2 is 2.19 bits per heavy atom. The summed E-state index contributed by atoms with van der Waals surface area (Å²) in [6.07, 6.45) is 8.98. The maximum atomic E-state index is 11.9. The molecule has 1 aromatic heterocycles. The predicted octanol–water partition coefficient (Wildman–Crippen LogP) is 2.60. The molecule has 0 bridgehead atoms. The normalized spacial score (nSPS) is 23.2. The number of anilines is 1. The number of rotatable bonds is 4. The number of carbonyl (C=O) groups is 1. The van der Waals surface area contributed by atoms with Crippen LogP contribution < -0.4 is 15.5 Å². The number of amides is 2. The summed E-state index contributed by atoms with van der Waals surface area (Å²) in [5.74, 6) is 0.525. The molecule has 0 spiro atoms. The minimum atomic E-state index is 0.00766. The quantitative estimate of drug-likeness (QED) is 0.899. The number of piperidine rings is 1. The van der Waals surface area contributed by atoms with E-state index < -0.39 is 0 Å². The number of thiazole rings is 1. The zero-order chi connectivity index (χ0) is 14.5. The van der Waals surface area contributed by atoms with Crippen LogP contribution in [-0.4, -0.2) is 36.7 Å². The van der Waals surface area contributed by atoms with Gasteiger partial charge in [0.2, 0.25) is 0 Å². The fourth-order valence-corrected chi connectivity index (χ4v) is 4.00. The molecular formula is C15H24N4OS. The Labute approximate surface area is 130 Å². The molecule has 5 nitrogen and oxygen atoms in total. The highest BCUT2D eigenvalue weighted by atomic mass is 32.1. The first kappa shape index (κ1) is 14.6. The van der Waals surface area contributed by atoms with Gasteiger partial charge in [-0.3, -0.25) is 0 Å². The van der Waals surface area contributed by atoms with Crippen molar-refractivity contribution >= 4 is 22.5 Å². The van der Waals surface area contributed by atoms with Crippen LogP contribution in [-0.2, 0) is 0 Å². The summed E-state index contributed by atoms with van der Waals surface area (Å²) in [6, 6.07) is 0.399. The molecule has 1 aliphatic heterocycles. The number of nitrogens with zero attached hydrogens (tertiary/aromatic N) is 2. The Morgan fingerprint density at radius 1 is 1.33 bits per heavy atom. The lowest BCUT2D eigenvalue weighted by atomic mass is 9.98. The summed E-state index contributed by atoms with van der Waals surface area (Å²) >= 11 is 1.69. The Balaban J connectivity index is 1.41. The third-order valence-corrected chi connectivity index (χ3v) is 5.28. The molecule has 2 N–H and O–H groups in total. The second kappa shape index (κ2) is 7.11. The van der Waals surface area contributed by atoms with Gasteiger partial charge in [-0.15, -0.1) is 11.3 Å². The summed E-state index contributed by atoms with van der Waals surface area (Å²) in [6.45, 7) is 2.84. The van der Waals surface area contributed by atoms with Crippen LogP contribution in [0.2, 0.25) is 0 Å². The molecule has 0 aromatic carbocycles. The molecule has 1 saturated carbocycles. The van der Waals surface area contributed by atoms with Crippen molar-refractivity contribution in [3.05, 3.63) is 11.6 Å². The molecule has 2 heterocycles. The minimum absolute atomic E-state index is 0.00766. The van der Waals surface area contributed by atoms with Crippen molar-refractivity contribution in [3.63, 3.8) is 0 Å². The lowest BCUT2D eigenvalue weighted by Gasteiger charge is -2.32. The van der Waals surface area contributed by atoms with Gasteiger partial charge < -0.3 is 15.5 Å². The summed E-state index contributed by atoms with van der Waals surface area (Å²) in [5.41, 5.74) is 0. The monoisotopic (exact) mass is 308 g/mol. The number of urea groups is 1.